The number of benzene rings is 5. The van der Waals surface area contributed by atoms with Crippen LogP contribution in [-0.4, -0.2) is 22.9 Å². The Labute approximate surface area is 299 Å². The zero-order chi connectivity index (χ0) is 32.5. The minimum atomic E-state index is -0.485. The number of halogens is 4. The van der Waals surface area contributed by atoms with Crippen LogP contribution in [0.3, 0.4) is 0 Å². The van der Waals surface area contributed by atoms with Crippen molar-refractivity contribution >= 4 is 89.6 Å². The van der Waals surface area contributed by atoms with Crippen LogP contribution in [0.25, 0.3) is 0 Å². The predicted octanol–water partition coefficient (Wildman–Crippen LogP) is 10.2. The van der Waals surface area contributed by atoms with Gasteiger partial charge >= 0.3 is 0 Å². The molecule has 0 spiro atoms. The molecule has 47 heavy (non-hydrogen) atoms. The molecule has 236 valence electrons. The Balaban J connectivity index is 1.24. The molecule has 2 atom stereocenters. The van der Waals surface area contributed by atoms with E-state index < -0.39 is 6.17 Å². The van der Waals surface area contributed by atoms with Crippen molar-refractivity contribution in [3.63, 3.8) is 0 Å². The molecule has 0 fully saturated rings. The molecule has 2 aliphatic rings. The third-order valence-electron chi connectivity index (χ3n) is 8.14. The van der Waals surface area contributed by atoms with Crippen molar-refractivity contribution in [3.05, 3.63) is 151 Å². The topological polar surface area (TPSA) is 72.0 Å². The largest absolute Gasteiger partial charge is 0.362 e. The minimum Gasteiger partial charge on any atom is -0.362 e. The zero-order valence-electron chi connectivity index (χ0n) is 24.8. The summed E-state index contributed by atoms with van der Waals surface area (Å²) in [6.45, 7) is 0. The van der Waals surface area contributed by atoms with E-state index in [1.165, 1.54) is 0 Å². The number of hydrogen-bond acceptors (Lipinski definition) is 6. The molecule has 2 heterocycles. The maximum absolute atomic E-state index is 14.3. The summed E-state index contributed by atoms with van der Waals surface area (Å²) in [6, 6.07) is 37.4. The van der Waals surface area contributed by atoms with Crippen LogP contribution >= 0.6 is 55.1 Å². The monoisotopic (exact) mass is 788 g/mol. The number of amidine groups is 1. The quantitative estimate of drug-likeness (QED) is 0.153. The lowest BCUT2D eigenvalue weighted by Gasteiger charge is -2.39. The van der Waals surface area contributed by atoms with Crippen LogP contribution in [0.4, 0.5) is 22.7 Å². The summed E-state index contributed by atoms with van der Waals surface area (Å²) in [6.07, 6.45) is 0.540. The van der Waals surface area contributed by atoms with Crippen molar-refractivity contribution < 1.29 is 4.79 Å². The molecule has 11 heteroatoms. The maximum atomic E-state index is 14.3. The van der Waals surface area contributed by atoms with Gasteiger partial charge in [0.2, 0.25) is 0 Å². The standard InChI is InChI=1S/C36H28Br2Cl2N6O/c37-24-19-26-34(27(38)20-24)42-33(18-23-12-7-8-17-30(23)41-35-28(39)15-9-16-29(35)40)46(36(26)47)44-32-21-31(22-10-3-1-4-11-22)45(43-32)25-13-5-2-6-14-25/h1-17,19-20,31,33,41-42H,18,21H2,(H,43,44). The Morgan fingerprint density at radius 2 is 1.53 bits per heavy atom. The average molecular weight is 791 g/mol. The predicted molar refractivity (Wildman–Crippen MR) is 199 cm³/mol. The second kappa shape index (κ2) is 13.6. The highest BCUT2D eigenvalue weighted by Crippen LogP contribution is 2.39. The Hall–Kier alpha value is -4.02. The SMILES string of the molecule is O=C1c2cc(Br)cc(Br)c2NC(Cc2ccccc2Nc2c(Cl)cccc2Cl)N1NC1=NN(c2ccccc2)C(c2ccccc2)C1. The number of nitrogens with zero attached hydrogens (tertiary/aromatic N) is 3. The first-order valence-corrected chi connectivity index (χ1v) is 17.3. The first-order valence-electron chi connectivity index (χ1n) is 15.0. The van der Waals surface area contributed by atoms with E-state index >= 15 is 0 Å². The molecular weight excluding hydrogens is 763 g/mol. The van der Waals surface area contributed by atoms with E-state index in [0.717, 1.165) is 37.1 Å². The van der Waals surface area contributed by atoms with Gasteiger partial charge < -0.3 is 10.6 Å². The third-order valence-corrected chi connectivity index (χ3v) is 9.86. The minimum absolute atomic E-state index is 0.0479. The molecule has 0 aliphatic carbocycles. The second-order valence-electron chi connectivity index (χ2n) is 11.2. The number of carbonyl (C=O) groups excluding carboxylic acids is 1. The van der Waals surface area contributed by atoms with Crippen molar-refractivity contribution in [1.82, 2.24) is 10.4 Å². The van der Waals surface area contributed by atoms with Gasteiger partial charge in [-0.05, 0) is 69.5 Å². The highest BCUT2D eigenvalue weighted by Gasteiger charge is 2.37. The highest BCUT2D eigenvalue weighted by molar-refractivity contribution is 9.11. The summed E-state index contributed by atoms with van der Waals surface area (Å²) in [4.78, 5) is 14.3. The normalized spacial score (nSPS) is 17.2. The summed E-state index contributed by atoms with van der Waals surface area (Å²) in [5.74, 6) is 0.497. The fourth-order valence-corrected chi connectivity index (χ4v) is 7.74. The van der Waals surface area contributed by atoms with Gasteiger partial charge in [0.05, 0.1) is 38.7 Å². The Kier molecular flexibility index (Phi) is 9.14. The van der Waals surface area contributed by atoms with Crippen LogP contribution in [0.2, 0.25) is 10.0 Å². The van der Waals surface area contributed by atoms with Gasteiger partial charge in [0.1, 0.15) is 12.0 Å². The molecule has 0 bridgehead atoms. The van der Waals surface area contributed by atoms with E-state index in [-0.39, 0.29) is 11.9 Å². The fourth-order valence-electron chi connectivity index (χ4n) is 5.91. The number of para-hydroxylation sites is 3. The molecule has 5 aromatic carbocycles. The van der Waals surface area contributed by atoms with E-state index in [2.05, 4.69) is 60.1 Å². The van der Waals surface area contributed by atoms with Crippen molar-refractivity contribution in [1.29, 1.82) is 0 Å². The molecular formula is C36H28Br2Cl2N6O. The Bertz CT molecular complexity index is 1960. The molecule has 2 aliphatic heterocycles. The van der Waals surface area contributed by atoms with Crippen molar-refractivity contribution in [2.45, 2.75) is 25.0 Å². The van der Waals surface area contributed by atoms with Gasteiger partial charge in [0.15, 0.2) is 0 Å². The van der Waals surface area contributed by atoms with Crippen LogP contribution in [-0.2, 0) is 6.42 Å². The number of hydrazine groups is 1. The molecule has 7 rings (SSSR count). The number of amides is 1. The van der Waals surface area contributed by atoms with Crippen LogP contribution in [0.5, 0.6) is 0 Å². The Morgan fingerprint density at radius 1 is 0.851 bits per heavy atom. The van der Waals surface area contributed by atoms with Crippen molar-refractivity contribution in [2.24, 2.45) is 5.10 Å². The first kappa shape index (κ1) is 31.6. The molecule has 1 amide bonds. The molecule has 0 aromatic heterocycles. The van der Waals surface area contributed by atoms with E-state index in [4.69, 9.17) is 28.3 Å². The molecule has 3 N–H and O–H groups in total. The lowest BCUT2D eigenvalue weighted by atomic mass is 10.0. The van der Waals surface area contributed by atoms with Gasteiger partial charge in [-0.2, -0.15) is 5.10 Å². The molecule has 0 radical (unpaired) electrons. The lowest BCUT2D eigenvalue weighted by Crippen LogP contribution is -2.58. The molecule has 2 unspecified atom stereocenters. The van der Waals surface area contributed by atoms with Gasteiger partial charge in [-0.3, -0.25) is 15.2 Å². The third kappa shape index (κ3) is 6.58. The number of anilines is 4. The van der Waals surface area contributed by atoms with E-state index in [1.54, 1.807) is 17.1 Å². The number of hydrogen-bond donors (Lipinski definition) is 3. The maximum Gasteiger partial charge on any atom is 0.276 e. The van der Waals surface area contributed by atoms with Gasteiger partial charge in [-0.15, -0.1) is 0 Å². The van der Waals surface area contributed by atoms with Crippen molar-refractivity contribution in [2.75, 3.05) is 15.6 Å². The highest BCUT2D eigenvalue weighted by atomic mass is 79.9. The summed E-state index contributed by atoms with van der Waals surface area (Å²) in [5, 5.41) is 16.8. The average Bonchev–Trinajstić information content (AvgIpc) is 3.51. The molecule has 7 nitrogen and oxygen atoms in total. The second-order valence-corrected chi connectivity index (χ2v) is 13.8. The summed E-state index contributed by atoms with van der Waals surface area (Å²) < 4.78 is 1.58. The van der Waals surface area contributed by atoms with Crippen molar-refractivity contribution in [3.8, 4) is 0 Å². The van der Waals surface area contributed by atoms with Crippen LogP contribution < -0.4 is 21.1 Å². The summed E-state index contributed by atoms with van der Waals surface area (Å²) >= 11 is 20.2. The van der Waals surface area contributed by atoms with Crippen LogP contribution in [0, 0.1) is 0 Å². The molecule has 5 aromatic rings. The summed E-state index contributed by atoms with van der Waals surface area (Å²) in [7, 11) is 0. The van der Waals surface area contributed by atoms with Crippen LogP contribution in [0.1, 0.15) is 33.9 Å². The first-order chi connectivity index (χ1) is 22.9. The van der Waals surface area contributed by atoms with E-state index in [9.17, 15) is 4.79 Å². The van der Waals surface area contributed by atoms with Gasteiger partial charge in [-0.1, -0.05) is 112 Å². The zero-order valence-corrected chi connectivity index (χ0v) is 29.5. The number of nitrogens with one attached hydrogen (secondary N) is 3. The van der Waals surface area contributed by atoms with Gasteiger partial charge in [-0.25, -0.2) is 5.01 Å². The van der Waals surface area contributed by atoms with E-state index in [1.807, 2.05) is 96.0 Å². The van der Waals surface area contributed by atoms with Gasteiger partial charge in [0.25, 0.3) is 5.91 Å². The molecule has 0 saturated heterocycles. The smallest absolute Gasteiger partial charge is 0.276 e. The molecule has 0 saturated carbocycles. The number of carbonyl (C=O) groups is 1. The number of hydrazone groups is 1. The number of fused-ring (bicyclic) bond motifs is 1. The van der Waals surface area contributed by atoms with Crippen LogP contribution in [0.15, 0.2) is 129 Å². The van der Waals surface area contributed by atoms with Gasteiger partial charge in [0, 0.05) is 27.5 Å². The Morgan fingerprint density at radius 3 is 2.28 bits per heavy atom. The summed E-state index contributed by atoms with van der Waals surface area (Å²) in [5.41, 5.74) is 9.20. The number of rotatable bonds is 7. The fraction of sp³-hybridized carbons (Fsp3) is 0.111. The lowest BCUT2D eigenvalue weighted by molar-refractivity contribution is 0.0622. The van der Waals surface area contributed by atoms with E-state index in [0.29, 0.717) is 40.0 Å².